The van der Waals surface area contributed by atoms with Crippen molar-refractivity contribution in [3.63, 3.8) is 0 Å². The molecule has 2 aromatic carbocycles. The number of thioether (sulfide) groups is 1. The lowest BCUT2D eigenvalue weighted by molar-refractivity contribution is -0.137. The van der Waals surface area contributed by atoms with Crippen LogP contribution in [0.1, 0.15) is 23.1 Å². The van der Waals surface area contributed by atoms with Crippen molar-refractivity contribution in [3.05, 3.63) is 89.7 Å². The summed E-state index contributed by atoms with van der Waals surface area (Å²) in [6, 6.07) is 16.2. The second kappa shape index (κ2) is 10.3. The van der Waals surface area contributed by atoms with Crippen LogP contribution in [0.25, 0.3) is 11.0 Å². The third-order valence-corrected chi connectivity index (χ3v) is 7.26. The van der Waals surface area contributed by atoms with Crippen molar-refractivity contribution in [1.29, 1.82) is 0 Å². The molecule has 2 aromatic heterocycles. The Morgan fingerprint density at radius 2 is 1.89 bits per heavy atom. The number of hydrogen-bond donors (Lipinski definition) is 2. The Bertz CT molecular complexity index is 1290. The lowest BCUT2D eigenvalue weighted by Crippen LogP contribution is -2.42. The summed E-state index contributed by atoms with van der Waals surface area (Å²) in [5, 5.41) is 3.87. The number of pyridine rings is 1. The molecule has 0 spiro atoms. The molecule has 0 saturated carbocycles. The lowest BCUT2D eigenvalue weighted by Gasteiger charge is -2.24. The first-order valence-corrected chi connectivity index (χ1v) is 12.4. The van der Waals surface area contributed by atoms with Gasteiger partial charge in [-0.2, -0.15) is 13.2 Å². The summed E-state index contributed by atoms with van der Waals surface area (Å²) in [6.07, 6.45) is -0.403. The van der Waals surface area contributed by atoms with Gasteiger partial charge in [0.05, 0.1) is 22.6 Å². The molecule has 1 aliphatic rings. The van der Waals surface area contributed by atoms with Crippen LogP contribution in [-0.4, -0.2) is 43.6 Å². The van der Waals surface area contributed by atoms with Crippen LogP contribution in [0.2, 0.25) is 0 Å². The molecule has 0 aliphatic carbocycles. The summed E-state index contributed by atoms with van der Waals surface area (Å²) in [6.45, 7) is 1.34. The molecule has 5 rings (SSSR count). The Labute approximate surface area is 210 Å². The van der Waals surface area contributed by atoms with Gasteiger partial charge in [0, 0.05) is 37.3 Å². The molecule has 1 saturated heterocycles. The first-order chi connectivity index (χ1) is 17.3. The molecule has 10 heteroatoms. The van der Waals surface area contributed by atoms with Crippen molar-refractivity contribution in [2.75, 3.05) is 6.54 Å². The van der Waals surface area contributed by atoms with Gasteiger partial charge in [0.1, 0.15) is 0 Å². The van der Waals surface area contributed by atoms with E-state index in [1.165, 1.54) is 12.1 Å². The number of alkyl halides is 3. The van der Waals surface area contributed by atoms with E-state index in [-0.39, 0.29) is 11.2 Å². The third-order valence-electron chi connectivity index (χ3n) is 6.17. The second-order valence-electron chi connectivity index (χ2n) is 8.75. The highest BCUT2D eigenvalue weighted by atomic mass is 32.2. The average Bonchev–Trinajstić information content (AvgIpc) is 3.46. The van der Waals surface area contributed by atoms with Crippen LogP contribution in [0, 0.1) is 0 Å². The molecular weight excluding hydrogens is 487 g/mol. The summed E-state index contributed by atoms with van der Waals surface area (Å²) >= 11 is 1.59. The van der Waals surface area contributed by atoms with Crippen molar-refractivity contribution < 1.29 is 18.0 Å². The number of amides is 1. The highest BCUT2D eigenvalue weighted by Crippen LogP contribution is 2.34. The number of fused-ring (bicyclic) bond motifs is 1. The van der Waals surface area contributed by atoms with Crippen molar-refractivity contribution in [3.8, 4) is 0 Å². The van der Waals surface area contributed by atoms with Gasteiger partial charge < -0.3 is 10.3 Å². The minimum atomic E-state index is -4.38. The predicted octanol–water partition coefficient (Wildman–Crippen LogP) is 5.03. The van der Waals surface area contributed by atoms with Gasteiger partial charge in [-0.3, -0.25) is 14.7 Å². The number of aromatic nitrogens is 3. The molecule has 1 amide bonds. The lowest BCUT2D eigenvalue weighted by atomic mass is 10.1. The maximum Gasteiger partial charge on any atom is 0.416 e. The number of imidazole rings is 1. The molecule has 6 nitrogen and oxygen atoms in total. The molecule has 36 heavy (non-hydrogen) atoms. The number of nitrogens with one attached hydrogen (secondary N) is 2. The number of benzene rings is 2. The largest absolute Gasteiger partial charge is 0.416 e. The van der Waals surface area contributed by atoms with Crippen molar-refractivity contribution in [2.45, 2.75) is 42.1 Å². The van der Waals surface area contributed by atoms with E-state index in [1.54, 1.807) is 24.2 Å². The number of carbonyl (C=O) groups excluding carboxylic acids is 1. The zero-order valence-corrected chi connectivity index (χ0v) is 20.0. The number of rotatable bonds is 7. The zero-order chi connectivity index (χ0) is 25.1. The van der Waals surface area contributed by atoms with Crippen LogP contribution in [0.15, 0.2) is 78.2 Å². The van der Waals surface area contributed by atoms with Gasteiger partial charge in [0.25, 0.3) is 0 Å². The van der Waals surface area contributed by atoms with Crippen LogP contribution in [0.3, 0.4) is 0 Å². The van der Waals surface area contributed by atoms with Crippen LogP contribution in [0.5, 0.6) is 0 Å². The topological polar surface area (TPSA) is 73.9 Å². The van der Waals surface area contributed by atoms with Crippen LogP contribution < -0.4 is 5.32 Å². The quantitative estimate of drug-likeness (QED) is 0.364. The summed E-state index contributed by atoms with van der Waals surface area (Å²) in [5.41, 5.74) is 2.77. The SMILES string of the molecule is O=C(NCc1cccnc1)[C@@H]1C[C@@H](Sc2nc3ccccc3[nH]2)CN1Cc1ccc(C(F)(F)F)cc1. The second-order valence-corrected chi connectivity index (χ2v) is 10.0. The minimum absolute atomic E-state index is 0.0918. The number of nitrogens with zero attached hydrogens (tertiary/aromatic N) is 3. The molecular formula is C26H24F3N5OS. The van der Waals surface area contributed by atoms with Crippen molar-refractivity contribution >= 4 is 28.7 Å². The van der Waals surface area contributed by atoms with E-state index < -0.39 is 17.8 Å². The number of carbonyl (C=O) groups is 1. The summed E-state index contributed by atoms with van der Waals surface area (Å²) < 4.78 is 38.9. The summed E-state index contributed by atoms with van der Waals surface area (Å²) in [4.78, 5) is 27.3. The Balaban J connectivity index is 1.31. The van der Waals surface area contributed by atoms with Gasteiger partial charge in [0.2, 0.25) is 5.91 Å². The highest BCUT2D eigenvalue weighted by molar-refractivity contribution is 7.99. The number of likely N-dealkylation sites (tertiary alicyclic amines) is 1. The monoisotopic (exact) mass is 511 g/mol. The average molecular weight is 512 g/mol. The van der Waals surface area contributed by atoms with E-state index in [0.717, 1.165) is 39.4 Å². The highest BCUT2D eigenvalue weighted by Gasteiger charge is 2.38. The summed E-state index contributed by atoms with van der Waals surface area (Å²) in [7, 11) is 0. The number of halogens is 3. The van der Waals surface area contributed by atoms with Gasteiger partial charge in [0.15, 0.2) is 5.16 Å². The van der Waals surface area contributed by atoms with Gasteiger partial charge in [-0.1, -0.05) is 42.1 Å². The smallest absolute Gasteiger partial charge is 0.351 e. The fraction of sp³-hybridized carbons (Fsp3) is 0.269. The van der Waals surface area contributed by atoms with Gasteiger partial charge in [-0.05, 0) is 47.9 Å². The molecule has 4 aromatic rings. The molecule has 2 N–H and O–H groups in total. The minimum Gasteiger partial charge on any atom is -0.351 e. The fourth-order valence-corrected chi connectivity index (χ4v) is 5.56. The fourth-order valence-electron chi connectivity index (χ4n) is 4.38. The van der Waals surface area contributed by atoms with Crippen molar-refractivity contribution in [2.24, 2.45) is 0 Å². The standard InChI is InChI=1S/C26H24F3N5OS/c27-26(28,29)19-9-7-17(8-10-19)15-34-16-20(36-25-32-21-5-1-2-6-22(21)33-25)12-23(34)24(35)31-14-18-4-3-11-30-13-18/h1-11,13,20,23H,12,14-16H2,(H,31,35)(H,32,33)/t20-,23+/m1/s1. The van der Waals surface area contributed by atoms with E-state index in [2.05, 4.69) is 20.3 Å². The van der Waals surface area contributed by atoms with E-state index in [0.29, 0.717) is 26.1 Å². The van der Waals surface area contributed by atoms with E-state index in [9.17, 15) is 18.0 Å². The molecule has 186 valence electrons. The first-order valence-electron chi connectivity index (χ1n) is 11.5. The maximum atomic E-state index is 13.2. The summed E-state index contributed by atoms with van der Waals surface area (Å²) in [5.74, 6) is -0.113. The number of aromatic amines is 1. The molecule has 3 heterocycles. The maximum absolute atomic E-state index is 13.2. The molecule has 0 bridgehead atoms. The molecule has 1 aliphatic heterocycles. The number of para-hydroxylation sites is 2. The number of hydrogen-bond acceptors (Lipinski definition) is 5. The van der Waals surface area contributed by atoms with E-state index in [4.69, 9.17) is 0 Å². The number of H-pyrrole nitrogens is 1. The Morgan fingerprint density at radius 3 is 2.61 bits per heavy atom. The Hall–Kier alpha value is -3.37. The Kier molecular flexibility index (Phi) is 6.97. The van der Waals surface area contributed by atoms with E-state index in [1.807, 2.05) is 41.3 Å². The normalized spacial score (nSPS) is 18.5. The van der Waals surface area contributed by atoms with Gasteiger partial charge >= 0.3 is 6.18 Å². The molecule has 0 unspecified atom stereocenters. The van der Waals surface area contributed by atoms with Crippen LogP contribution >= 0.6 is 11.8 Å². The Morgan fingerprint density at radius 1 is 1.08 bits per heavy atom. The zero-order valence-electron chi connectivity index (χ0n) is 19.2. The van der Waals surface area contributed by atoms with Crippen molar-refractivity contribution in [1.82, 2.24) is 25.2 Å². The predicted molar refractivity (Wildman–Crippen MR) is 132 cm³/mol. The molecule has 1 fully saturated rings. The van der Waals surface area contributed by atoms with Crippen LogP contribution in [-0.2, 0) is 24.1 Å². The van der Waals surface area contributed by atoms with Gasteiger partial charge in [-0.25, -0.2) is 4.98 Å². The molecule has 2 atom stereocenters. The van der Waals surface area contributed by atoms with Crippen LogP contribution in [0.4, 0.5) is 13.2 Å². The van der Waals surface area contributed by atoms with E-state index >= 15 is 0 Å². The first kappa shape index (κ1) is 24.3. The third kappa shape index (κ3) is 5.71. The molecule has 0 radical (unpaired) electrons. The van der Waals surface area contributed by atoms with Gasteiger partial charge in [-0.15, -0.1) is 0 Å².